The van der Waals surface area contributed by atoms with E-state index in [1.165, 1.54) is 19.3 Å². The van der Waals surface area contributed by atoms with Gasteiger partial charge in [0.15, 0.2) is 0 Å². The molecule has 166 valence electrons. The highest BCUT2D eigenvalue weighted by atomic mass is 35.5. The molecule has 1 heterocycles. The Labute approximate surface area is 185 Å². The molecule has 1 saturated heterocycles. The molecule has 2 saturated carbocycles. The zero-order chi connectivity index (χ0) is 20.4. The Morgan fingerprint density at radius 3 is 2.33 bits per heavy atom. The molecular weight excluding hydrogens is 402 g/mol. The topological polar surface area (TPSA) is 75.9 Å². The van der Waals surface area contributed by atoms with Gasteiger partial charge in [-0.2, -0.15) is 0 Å². The molecule has 4 rings (SSSR count). The predicted octanol–water partition coefficient (Wildman–Crippen LogP) is 2.48. The lowest BCUT2D eigenvalue weighted by atomic mass is 9.65. The van der Waals surface area contributed by atoms with E-state index >= 15 is 0 Å². The number of hydrogen-bond donors (Lipinski definition) is 1. The van der Waals surface area contributed by atoms with Crippen LogP contribution in [0.5, 0.6) is 5.75 Å². The number of halogens is 1. The summed E-state index contributed by atoms with van der Waals surface area (Å²) >= 11 is 0. The van der Waals surface area contributed by atoms with E-state index in [4.69, 9.17) is 10.5 Å². The largest absolute Gasteiger partial charge is 0.497 e. The van der Waals surface area contributed by atoms with Crippen molar-refractivity contribution in [1.29, 1.82) is 0 Å². The maximum atomic E-state index is 13.1. The van der Waals surface area contributed by atoms with Crippen molar-refractivity contribution in [2.45, 2.75) is 44.6 Å². The fourth-order valence-corrected chi connectivity index (χ4v) is 5.49. The van der Waals surface area contributed by atoms with Crippen LogP contribution >= 0.6 is 12.4 Å². The number of carbonyl (C=O) groups excluding carboxylic acids is 2. The number of piperazine rings is 1. The Morgan fingerprint density at radius 2 is 1.70 bits per heavy atom. The number of nitrogens with zero attached hydrogens (tertiary/aromatic N) is 2. The number of methoxy groups -OCH3 is 1. The van der Waals surface area contributed by atoms with Crippen LogP contribution in [0.3, 0.4) is 0 Å². The summed E-state index contributed by atoms with van der Waals surface area (Å²) in [6, 6.07) is 7.93. The zero-order valence-corrected chi connectivity index (χ0v) is 18.6. The quantitative estimate of drug-likeness (QED) is 0.788. The van der Waals surface area contributed by atoms with Gasteiger partial charge in [-0.15, -0.1) is 12.4 Å². The first-order chi connectivity index (χ1) is 14.0. The predicted molar refractivity (Wildman–Crippen MR) is 119 cm³/mol. The minimum atomic E-state index is 0. The van der Waals surface area contributed by atoms with Gasteiger partial charge in [0.05, 0.1) is 13.5 Å². The third-order valence-corrected chi connectivity index (χ3v) is 7.20. The molecule has 2 aliphatic carbocycles. The van der Waals surface area contributed by atoms with Gasteiger partial charge in [-0.1, -0.05) is 18.6 Å². The number of nitrogens with two attached hydrogens (primary N) is 1. The Hall–Kier alpha value is -1.79. The zero-order valence-electron chi connectivity index (χ0n) is 17.8. The Kier molecular flexibility index (Phi) is 7.64. The number of hydrogen-bond acceptors (Lipinski definition) is 4. The highest BCUT2D eigenvalue weighted by Crippen LogP contribution is 2.42. The maximum Gasteiger partial charge on any atom is 0.227 e. The van der Waals surface area contributed by atoms with Crippen LogP contribution in [-0.4, -0.2) is 60.9 Å². The summed E-state index contributed by atoms with van der Waals surface area (Å²) < 4.78 is 5.24. The molecule has 1 aromatic carbocycles. The van der Waals surface area contributed by atoms with Crippen molar-refractivity contribution in [3.63, 3.8) is 0 Å². The maximum absolute atomic E-state index is 13.1. The fraction of sp³-hybridized carbons (Fsp3) is 0.652. The van der Waals surface area contributed by atoms with E-state index in [-0.39, 0.29) is 30.1 Å². The summed E-state index contributed by atoms with van der Waals surface area (Å²) in [5, 5.41) is 0. The molecule has 30 heavy (non-hydrogen) atoms. The van der Waals surface area contributed by atoms with Gasteiger partial charge < -0.3 is 20.3 Å². The first-order valence-corrected chi connectivity index (χ1v) is 11.0. The second kappa shape index (κ2) is 10.0. The molecule has 6 nitrogen and oxygen atoms in total. The van der Waals surface area contributed by atoms with Gasteiger partial charge in [-0.3, -0.25) is 9.59 Å². The molecule has 0 spiro atoms. The molecule has 2 N–H and O–H groups in total. The highest BCUT2D eigenvalue weighted by molar-refractivity contribution is 5.85. The van der Waals surface area contributed by atoms with Crippen LogP contribution in [0.1, 0.15) is 37.7 Å². The van der Waals surface area contributed by atoms with Crippen LogP contribution in [0.25, 0.3) is 0 Å². The van der Waals surface area contributed by atoms with Crippen LogP contribution in [-0.2, 0) is 16.0 Å². The molecule has 2 amide bonds. The molecule has 2 unspecified atom stereocenters. The third-order valence-electron chi connectivity index (χ3n) is 7.20. The van der Waals surface area contributed by atoms with Crippen molar-refractivity contribution in [3.8, 4) is 5.75 Å². The monoisotopic (exact) mass is 435 g/mol. The van der Waals surface area contributed by atoms with Crippen LogP contribution < -0.4 is 10.5 Å². The van der Waals surface area contributed by atoms with Crippen LogP contribution in [0.15, 0.2) is 24.3 Å². The first kappa shape index (κ1) is 22.9. The standard InChI is InChI=1S/C23H33N3O3.ClH/c1-29-20-7-2-4-16(12-20)13-21(27)25-8-10-26(11-9-25)23(28)19-14-17-5-3-6-18(15-19)22(17)24;/h2,4,7,12,17-19,22H,3,5-6,8-11,13-15,24H2,1H3;1H. The van der Waals surface area contributed by atoms with Crippen molar-refractivity contribution in [2.24, 2.45) is 23.5 Å². The smallest absolute Gasteiger partial charge is 0.227 e. The summed E-state index contributed by atoms with van der Waals surface area (Å²) in [5.41, 5.74) is 7.34. The van der Waals surface area contributed by atoms with Gasteiger partial charge in [0.2, 0.25) is 11.8 Å². The van der Waals surface area contributed by atoms with Crippen molar-refractivity contribution in [3.05, 3.63) is 29.8 Å². The number of fused-ring (bicyclic) bond motifs is 2. The van der Waals surface area contributed by atoms with Crippen LogP contribution in [0.2, 0.25) is 0 Å². The van der Waals surface area contributed by atoms with Crippen molar-refractivity contribution in [1.82, 2.24) is 9.80 Å². The lowest BCUT2D eigenvalue weighted by Crippen LogP contribution is -2.54. The summed E-state index contributed by atoms with van der Waals surface area (Å²) in [6.45, 7) is 2.52. The van der Waals surface area contributed by atoms with Gasteiger partial charge in [0, 0.05) is 38.1 Å². The number of ether oxygens (including phenoxy) is 1. The van der Waals surface area contributed by atoms with Crippen molar-refractivity contribution >= 4 is 24.2 Å². The normalized spacial score (nSPS) is 28.5. The SMILES string of the molecule is COc1cccc(CC(=O)N2CCN(C(=O)C3CC4CCCC(C3)C4N)CC2)c1.Cl. The van der Waals surface area contributed by atoms with E-state index in [2.05, 4.69) is 0 Å². The Morgan fingerprint density at radius 1 is 1.07 bits per heavy atom. The average Bonchev–Trinajstić information content (AvgIpc) is 2.73. The first-order valence-electron chi connectivity index (χ1n) is 11.0. The van der Waals surface area contributed by atoms with Gasteiger partial charge in [-0.25, -0.2) is 0 Å². The summed E-state index contributed by atoms with van der Waals surface area (Å²) in [5.74, 6) is 2.33. The molecule has 0 radical (unpaired) electrons. The molecule has 2 atom stereocenters. The van der Waals surface area contributed by atoms with E-state index in [0.717, 1.165) is 24.2 Å². The summed E-state index contributed by atoms with van der Waals surface area (Å²) in [4.78, 5) is 29.6. The van der Waals surface area contributed by atoms with Crippen molar-refractivity contribution < 1.29 is 14.3 Å². The number of rotatable bonds is 4. The Balaban J connectivity index is 0.00000256. The number of amides is 2. The van der Waals surface area contributed by atoms with E-state index in [1.54, 1.807) is 7.11 Å². The van der Waals surface area contributed by atoms with Gasteiger partial charge in [-0.05, 0) is 55.2 Å². The van der Waals surface area contributed by atoms with Gasteiger partial charge >= 0.3 is 0 Å². The number of carbonyl (C=O) groups is 2. The molecule has 1 aromatic rings. The van der Waals surface area contributed by atoms with Gasteiger partial charge in [0.25, 0.3) is 0 Å². The molecular formula is C23H34ClN3O3. The second-order valence-corrected chi connectivity index (χ2v) is 8.93. The Bertz CT molecular complexity index is 737. The van der Waals surface area contributed by atoms with Crippen LogP contribution in [0.4, 0.5) is 0 Å². The minimum Gasteiger partial charge on any atom is -0.497 e. The molecule has 3 aliphatic rings. The minimum absolute atomic E-state index is 0. The summed E-state index contributed by atoms with van der Waals surface area (Å²) in [7, 11) is 1.63. The highest BCUT2D eigenvalue weighted by Gasteiger charge is 2.42. The van der Waals surface area contributed by atoms with Crippen LogP contribution in [0, 0.1) is 17.8 Å². The molecule has 1 aliphatic heterocycles. The van der Waals surface area contributed by atoms with E-state index in [0.29, 0.717) is 50.5 Å². The molecule has 7 heteroatoms. The van der Waals surface area contributed by atoms with E-state index in [1.807, 2.05) is 34.1 Å². The number of benzene rings is 1. The van der Waals surface area contributed by atoms with Crippen molar-refractivity contribution in [2.75, 3.05) is 33.3 Å². The van der Waals surface area contributed by atoms with Gasteiger partial charge in [0.1, 0.15) is 5.75 Å². The summed E-state index contributed by atoms with van der Waals surface area (Å²) in [6.07, 6.45) is 5.88. The molecule has 2 bridgehead atoms. The fourth-order valence-electron chi connectivity index (χ4n) is 5.49. The second-order valence-electron chi connectivity index (χ2n) is 8.93. The lowest BCUT2D eigenvalue weighted by molar-refractivity contribution is -0.144. The molecule has 3 fully saturated rings. The third kappa shape index (κ3) is 4.92. The lowest BCUT2D eigenvalue weighted by Gasteiger charge is -2.45. The van der Waals surface area contributed by atoms with E-state index < -0.39 is 0 Å². The molecule has 0 aromatic heterocycles. The van der Waals surface area contributed by atoms with E-state index in [9.17, 15) is 9.59 Å². The average molecular weight is 436 g/mol.